The zero-order chi connectivity index (χ0) is 10.6. The Labute approximate surface area is 85.8 Å². The quantitative estimate of drug-likeness (QED) is 0.641. The molecule has 1 heterocycles. The van der Waals surface area contributed by atoms with Gasteiger partial charge in [0.05, 0.1) is 11.9 Å². The maximum Gasteiger partial charge on any atom is 0.238 e. The number of nitrogens with zero attached hydrogens (tertiary/aromatic N) is 2. The molecule has 0 aromatic carbocycles. The van der Waals surface area contributed by atoms with E-state index in [9.17, 15) is 4.79 Å². The number of anilines is 2. The van der Waals surface area contributed by atoms with E-state index in [2.05, 4.69) is 21.0 Å². The number of rotatable bonds is 3. The first-order valence-corrected chi connectivity index (χ1v) is 4.34. The molecule has 0 aliphatic carbocycles. The summed E-state index contributed by atoms with van der Waals surface area (Å²) < 4.78 is 0. The monoisotopic (exact) mass is 215 g/mol. The van der Waals surface area contributed by atoms with Gasteiger partial charge in [-0.15, -0.1) is 5.10 Å². The minimum atomic E-state index is -0.176. The second kappa shape index (κ2) is 4.61. The molecule has 4 N–H and O–H groups in total. The van der Waals surface area contributed by atoms with Crippen LogP contribution in [0.3, 0.4) is 0 Å². The van der Waals surface area contributed by atoms with Crippen LogP contribution in [0.4, 0.5) is 11.5 Å². The molecule has 0 fully saturated rings. The Morgan fingerprint density at radius 1 is 1.71 bits per heavy atom. The molecule has 0 atom stereocenters. The molecule has 7 heteroatoms. The Kier molecular flexibility index (Phi) is 3.47. The number of aromatic nitrogens is 2. The maximum absolute atomic E-state index is 10.9. The number of hydrazine groups is 1. The standard InChI is InChI=1S/C7H10ClN5O/c1-2-5(14)11-13-7-6(8)4(9)3-10-12-7/h3H,2H2,1H3,(H,11,14)(H3,9,12,13). The summed E-state index contributed by atoms with van der Waals surface area (Å²) in [5, 5.41) is 7.47. The third-order valence-corrected chi connectivity index (χ3v) is 1.85. The molecule has 0 unspecified atom stereocenters. The number of carbonyl (C=O) groups excluding carboxylic acids is 1. The van der Waals surface area contributed by atoms with Crippen molar-refractivity contribution in [1.82, 2.24) is 15.6 Å². The van der Waals surface area contributed by atoms with Crippen LogP contribution in [0, 0.1) is 0 Å². The molecular formula is C7H10ClN5O. The van der Waals surface area contributed by atoms with Crippen LogP contribution < -0.4 is 16.6 Å². The molecular weight excluding hydrogens is 206 g/mol. The number of halogens is 1. The van der Waals surface area contributed by atoms with Crippen molar-refractivity contribution in [2.75, 3.05) is 11.2 Å². The van der Waals surface area contributed by atoms with Crippen LogP contribution in [0.15, 0.2) is 6.20 Å². The third-order valence-electron chi connectivity index (χ3n) is 1.46. The molecule has 0 aliphatic heterocycles. The van der Waals surface area contributed by atoms with Crippen molar-refractivity contribution in [2.45, 2.75) is 13.3 Å². The van der Waals surface area contributed by atoms with Gasteiger partial charge in [0.2, 0.25) is 5.91 Å². The lowest BCUT2D eigenvalue weighted by atomic mass is 10.4. The van der Waals surface area contributed by atoms with Gasteiger partial charge in [-0.2, -0.15) is 5.10 Å². The number of nitrogen functional groups attached to an aromatic ring is 1. The van der Waals surface area contributed by atoms with Crippen molar-refractivity contribution in [3.05, 3.63) is 11.2 Å². The molecule has 0 saturated carbocycles. The first kappa shape index (κ1) is 10.5. The van der Waals surface area contributed by atoms with E-state index in [0.717, 1.165) is 0 Å². The van der Waals surface area contributed by atoms with Crippen molar-refractivity contribution in [2.24, 2.45) is 0 Å². The van der Waals surface area contributed by atoms with Gasteiger partial charge in [-0.25, -0.2) is 0 Å². The fourth-order valence-corrected chi connectivity index (χ4v) is 0.817. The highest BCUT2D eigenvalue weighted by atomic mass is 35.5. The van der Waals surface area contributed by atoms with E-state index in [1.807, 2.05) is 0 Å². The van der Waals surface area contributed by atoms with Crippen molar-refractivity contribution >= 4 is 29.0 Å². The first-order valence-electron chi connectivity index (χ1n) is 3.96. The Bertz CT molecular complexity index is 343. The largest absolute Gasteiger partial charge is 0.396 e. The van der Waals surface area contributed by atoms with Gasteiger partial charge >= 0.3 is 0 Å². The number of carbonyl (C=O) groups is 1. The predicted molar refractivity (Wildman–Crippen MR) is 53.5 cm³/mol. The predicted octanol–water partition coefficient (Wildman–Crippen LogP) is 0.565. The minimum Gasteiger partial charge on any atom is -0.396 e. The molecule has 0 saturated heterocycles. The second-order valence-corrected chi connectivity index (χ2v) is 2.87. The SMILES string of the molecule is CCC(=O)NNc1nncc(N)c1Cl. The highest BCUT2D eigenvalue weighted by Gasteiger charge is 2.06. The van der Waals surface area contributed by atoms with Crippen LogP contribution in [-0.2, 0) is 4.79 Å². The van der Waals surface area contributed by atoms with Gasteiger partial charge < -0.3 is 5.73 Å². The van der Waals surface area contributed by atoms with Gasteiger partial charge in [-0.05, 0) is 0 Å². The Hall–Kier alpha value is -1.56. The molecule has 0 spiro atoms. The summed E-state index contributed by atoms with van der Waals surface area (Å²) in [5.41, 5.74) is 10.7. The van der Waals surface area contributed by atoms with Crippen LogP contribution in [0.1, 0.15) is 13.3 Å². The maximum atomic E-state index is 10.9. The number of hydrogen-bond donors (Lipinski definition) is 3. The number of nitrogens with one attached hydrogen (secondary N) is 2. The molecule has 1 aromatic rings. The zero-order valence-corrected chi connectivity index (χ0v) is 8.30. The molecule has 0 aliphatic rings. The fourth-order valence-electron chi connectivity index (χ4n) is 0.683. The summed E-state index contributed by atoms with van der Waals surface area (Å²) in [6.45, 7) is 1.73. The average Bonchev–Trinajstić information content (AvgIpc) is 2.20. The van der Waals surface area contributed by atoms with E-state index in [1.165, 1.54) is 6.20 Å². The second-order valence-electron chi connectivity index (χ2n) is 2.49. The molecule has 1 aromatic heterocycles. The van der Waals surface area contributed by atoms with Crippen LogP contribution in [0.25, 0.3) is 0 Å². The summed E-state index contributed by atoms with van der Waals surface area (Å²) in [4.78, 5) is 10.9. The van der Waals surface area contributed by atoms with Gasteiger partial charge in [0.1, 0.15) is 5.02 Å². The van der Waals surface area contributed by atoms with E-state index >= 15 is 0 Å². The van der Waals surface area contributed by atoms with Crippen molar-refractivity contribution in [3.63, 3.8) is 0 Å². The van der Waals surface area contributed by atoms with Crippen LogP contribution >= 0.6 is 11.6 Å². The van der Waals surface area contributed by atoms with Crippen LogP contribution in [0.5, 0.6) is 0 Å². The van der Waals surface area contributed by atoms with Crippen LogP contribution in [-0.4, -0.2) is 16.1 Å². The molecule has 14 heavy (non-hydrogen) atoms. The fraction of sp³-hybridized carbons (Fsp3) is 0.286. The highest BCUT2D eigenvalue weighted by molar-refractivity contribution is 6.35. The van der Waals surface area contributed by atoms with Gasteiger partial charge in [0, 0.05) is 6.42 Å². The molecule has 6 nitrogen and oxygen atoms in total. The summed E-state index contributed by atoms with van der Waals surface area (Å²) >= 11 is 5.78. The topological polar surface area (TPSA) is 92.9 Å². The lowest BCUT2D eigenvalue weighted by Crippen LogP contribution is -2.29. The lowest BCUT2D eigenvalue weighted by Gasteiger charge is -2.07. The summed E-state index contributed by atoms with van der Waals surface area (Å²) in [7, 11) is 0. The van der Waals surface area contributed by atoms with E-state index in [1.54, 1.807) is 6.92 Å². The first-order chi connectivity index (χ1) is 6.65. The number of amides is 1. The third kappa shape index (κ3) is 2.46. The van der Waals surface area contributed by atoms with E-state index in [-0.39, 0.29) is 16.7 Å². The van der Waals surface area contributed by atoms with E-state index < -0.39 is 0 Å². The molecule has 76 valence electrons. The number of nitrogens with two attached hydrogens (primary N) is 1. The van der Waals surface area contributed by atoms with Gasteiger partial charge in [0.15, 0.2) is 5.82 Å². The van der Waals surface area contributed by atoms with Crippen molar-refractivity contribution in [1.29, 1.82) is 0 Å². The Balaban J connectivity index is 2.68. The van der Waals surface area contributed by atoms with Crippen LogP contribution in [0.2, 0.25) is 5.02 Å². The van der Waals surface area contributed by atoms with E-state index in [0.29, 0.717) is 12.1 Å². The van der Waals surface area contributed by atoms with Gasteiger partial charge in [0.25, 0.3) is 0 Å². The smallest absolute Gasteiger partial charge is 0.238 e. The minimum absolute atomic E-state index is 0.176. The Morgan fingerprint density at radius 3 is 3.07 bits per heavy atom. The normalized spacial score (nSPS) is 9.57. The van der Waals surface area contributed by atoms with Crippen molar-refractivity contribution < 1.29 is 4.79 Å². The molecule has 0 radical (unpaired) electrons. The van der Waals surface area contributed by atoms with Gasteiger partial charge in [-0.1, -0.05) is 18.5 Å². The zero-order valence-electron chi connectivity index (χ0n) is 7.54. The van der Waals surface area contributed by atoms with Gasteiger partial charge in [-0.3, -0.25) is 15.6 Å². The number of hydrogen-bond acceptors (Lipinski definition) is 5. The van der Waals surface area contributed by atoms with E-state index in [4.69, 9.17) is 17.3 Å². The molecule has 1 amide bonds. The molecule has 0 bridgehead atoms. The highest BCUT2D eigenvalue weighted by Crippen LogP contribution is 2.23. The van der Waals surface area contributed by atoms with Crippen molar-refractivity contribution in [3.8, 4) is 0 Å². The summed E-state index contributed by atoms with van der Waals surface area (Å²) in [6, 6.07) is 0. The molecule has 1 rings (SSSR count). The summed E-state index contributed by atoms with van der Waals surface area (Å²) in [6.07, 6.45) is 1.69. The Morgan fingerprint density at radius 2 is 2.43 bits per heavy atom. The summed E-state index contributed by atoms with van der Waals surface area (Å²) in [5.74, 6) is 0.0544. The average molecular weight is 216 g/mol. The lowest BCUT2D eigenvalue weighted by molar-refractivity contribution is -0.120.